The number of benzene rings is 1. The number of carbonyl (C=O) groups is 2. The van der Waals surface area contributed by atoms with E-state index < -0.39 is 0 Å². The molecule has 3 heterocycles. The predicted molar refractivity (Wildman–Crippen MR) is 116 cm³/mol. The fourth-order valence-corrected chi connectivity index (χ4v) is 4.78. The molecule has 1 aromatic carbocycles. The van der Waals surface area contributed by atoms with Crippen LogP contribution in [0.2, 0.25) is 0 Å². The number of likely N-dealkylation sites (tertiary alicyclic amines) is 1. The molecule has 1 saturated carbocycles. The van der Waals surface area contributed by atoms with E-state index in [1.807, 2.05) is 36.1 Å². The van der Waals surface area contributed by atoms with E-state index in [0.717, 1.165) is 43.4 Å². The van der Waals surface area contributed by atoms with Gasteiger partial charge in [-0.3, -0.25) is 14.4 Å². The van der Waals surface area contributed by atoms with E-state index in [4.69, 9.17) is 4.98 Å². The first-order chi connectivity index (χ1) is 15.0. The van der Waals surface area contributed by atoms with Crippen LogP contribution in [0.25, 0.3) is 0 Å². The Labute approximate surface area is 181 Å². The number of hydrogen-bond donors (Lipinski definition) is 1. The van der Waals surface area contributed by atoms with Crippen LogP contribution in [0.1, 0.15) is 71.1 Å². The zero-order valence-electron chi connectivity index (χ0n) is 17.9. The maximum absolute atomic E-state index is 13.3. The number of amides is 2. The van der Waals surface area contributed by atoms with Gasteiger partial charge in [0.15, 0.2) is 0 Å². The second-order valence-electron chi connectivity index (χ2n) is 9.04. The van der Waals surface area contributed by atoms with Gasteiger partial charge in [-0.1, -0.05) is 17.7 Å². The second kappa shape index (κ2) is 7.94. The van der Waals surface area contributed by atoms with E-state index >= 15 is 0 Å². The molecule has 7 heteroatoms. The average Bonchev–Trinajstić information content (AvgIpc) is 3.63. The van der Waals surface area contributed by atoms with Crippen LogP contribution in [0.4, 0.5) is 0 Å². The molecule has 1 aromatic heterocycles. The molecule has 2 aromatic rings. The lowest BCUT2D eigenvalue weighted by Crippen LogP contribution is -2.43. The van der Waals surface area contributed by atoms with Crippen LogP contribution in [0, 0.1) is 12.8 Å². The second-order valence-corrected chi connectivity index (χ2v) is 9.04. The van der Waals surface area contributed by atoms with E-state index in [9.17, 15) is 14.4 Å². The summed E-state index contributed by atoms with van der Waals surface area (Å²) >= 11 is 0. The molecule has 2 fully saturated rings. The van der Waals surface area contributed by atoms with E-state index in [2.05, 4.69) is 4.98 Å². The molecule has 5 rings (SSSR count). The number of hydrogen-bond acceptors (Lipinski definition) is 4. The summed E-state index contributed by atoms with van der Waals surface area (Å²) in [6, 6.07) is 7.39. The standard InChI is InChI=1S/C24H28N4O3/c1-15-5-4-6-17(13-15)24(31)28-11-3-2-7-20(28)21-25-19-10-12-27(23(30)16-8-9-16)14-18(19)22(29)26-21/h4-6,13,16,20H,2-3,7-12,14H2,1H3,(H,25,26,29)/t20-/m0/s1. The maximum atomic E-state index is 13.3. The van der Waals surface area contributed by atoms with Gasteiger partial charge in [-0.05, 0) is 51.2 Å². The number of H-pyrrole nitrogens is 1. The van der Waals surface area contributed by atoms with Crippen molar-refractivity contribution < 1.29 is 9.59 Å². The SMILES string of the molecule is Cc1cccc(C(=O)N2CCCC[C@H]2c2nc3c(c(=O)[nH]2)CN(C(=O)C2CC2)CC3)c1. The summed E-state index contributed by atoms with van der Waals surface area (Å²) in [7, 11) is 0. The third kappa shape index (κ3) is 3.89. The Morgan fingerprint density at radius 3 is 2.74 bits per heavy atom. The molecule has 0 radical (unpaired) electrons. The first kappa shape index (κ1) is 20.0. The lowest BCUT2D eigenvalue weighted by atomic mass is 9.98. The first-order valence-electron chi connectivity index (χ1n) is 11.3. The third-order valence-corrected chi connectivity index (χ3v) is 6.67. The largest absolute Gasteiger partial charge is 0.337 e. The summed E-state index contributed by atoms with van der Waals surface area (Å²) in [6.07, 6.45) is 5.23. The van der Waals surface area contributed by atoms with Crippen LogP contribution in [0.15, 0.2) is 29.1 Å². The molecule has 0 unspecified atom stereocenters. The van der Waals surface area contributed by atoms with Crippen LogP contribution in [-0.4, -0.2) is 44.7 Å². The Balaban J connectivity index is 1.42. The molecule has 1 atom stereocenters. The monoisotopic (exact) mass is 420 g/mol. The van der Waals surface area contributed by atoms with Gasteiger partial charge in [-0.15, -0.1) is 0 Å². The number of carbonyl (C=O) groups excluding carboxylic acids is 2. The fourth-order valence-electron chi connectivity index (χ4n) is 4.78. The van der Waals surface area contributed by atoms with Gasteiger partial charge in [0.05, 0.1) is 23.8 Å². The molecule has 0 bridgehead atoms. The van der Waals surface area contributed by atoms with E-state index in [1.54, 1.807) is 4.90 Å². The number of rotatable bonds is 3. The van der Waals surface area contributed by atoms with Crippen molar-refractivity contribution in [2.24, 2.45) is 5.92 Å². The Bertz CT molecular complexity index is 1090. The number of piperidine rings is 1. The van der Waals surface area contributed by atoms with Crippen molar-refractivity contribution >= 4 is 11.8 Å². The highest BCUT2D eigenvalue weighted by Crippen LogP contribution is 2.33. The Kier molecular flexibility index (Phi) is 5.12. The van der Waals surface area contributed by atoms with Crippen LogP contribution in [0.3, 0.4) is 0 Å². The summed E-state index contributed by atoms with van der Waals surface area (Å²) in [5.41, 5.74) is 2.90. The van der Waals surface area contributed by atoms with Gasteiger partial charge in [0, 0.05) is 31.0 Å². The highest BCUT2D eigenvalue weighted by atomic mass is 16.2. The minimum atomic E-state index is -0.231. The van der Waals surface area contributed by atoms with Gasteiger partial charge >= 0.3 is 0 Å². The van der Waals surface area contributed by atoms with Crippen molar-refractivity contribution in [3.05, 3.63) is 62.8 Å². The summed E-state index contributed by atoms with van der Waals surface area (Å²) in [5.74, 6) is 0.869. The first-order valence-corrected chi connectivity index (χ1v) is 11.3. The predicted octanol–water partition coefficient (Wildman–Crippen LogP) is 2.74. The number of aromatic amines is 1. The van der Waals surface area contributed by atoms with Crippen molar-refractivity contribution in [3.63, 3.8) is 0 Å². The van der Waals surface area contributed by atoms with Crippen molar-refractivity contribution in [2.75, 3.05) is 13.1 Å². The molecule has 0 spiro atoms. The van der Waals surface area contributed by atoms with Crippen molar-refractivity contribution in [3.8, 4) is 0 Å². The Morgan fingerprint density at radius 1 is 1.13 bits per heavy atom. The van der Waals surface area contributed by atoms with Gasteiger partial charge in [0.25, 0.3) is 11.5 Å². The molecule has 1 aliphatic carbocycles. The maximum Gasteiger partial charge on any atom is 0.256 e. The lowest BCUT2D eigenvalue weighted by Gasteiger charge is -2.36. The van der Waals surface area contributed by atoms with Crippen LogP contribution >= 0.6 is 0 Å². The van der Waals surface area contributed by atoms with Crippen LogP contribution in [0.5, 0.6) is 0 Å². The smallest absolute Gasteiger partial charge is 0.256 e. The van der Waals surface area contributed by atoms with Gasteiger partial charge < -0.3 is 14.8 Å². The molecule has 1 saturated heterocycles. The van der Waals surface area contributed by atoms with E-state index in [1.165, 1.54) is 0 Å². The molecular weight excluding hydrogens is 392 g/mol. The van der Waals surface area contributed by atoms with E-state index in [0.29, 0.717) is 43.0 Å². The molecule has 7 nitrogen and oxygen atoms in total. The van der Waals surface area contributed by atoms with Gasteiger partial charge in [-0.25, -0.2) is 4.98 Å². The molecule has 2 aliphatic heterocycles. The molecule has 2 amide bonds. The summed E-state index contributed by atoms with van der Waals surface area (Å²) in [5, 5.41) is 0. The lowest BCUT2D eigenvalue weighted by molar-refractivity contribution is -0.133. The minimum Gasteiger partial charge on any atom is -0.337 e. The Morgan fingerprint density at radius 2 is 1.97 bits per heavy atom. The van der Waals surface area contributed by atoms with Gasteiger partial charge in [0.2, 0.25) is 5.91 Å². The quantitative estimate of drug-likeness (QED) is 0.827. The molecule has 162 valence electrons. The minimum absolute atomic E-state index is 0.0185. The highest BCUT2D eigenvalue weighted by molar-refractivity contribution is 5.94. The topological polar surface area (TPSA) is 86.4 Å². The number of fused-ring (bicyclic) bond motifs is 1. The number of nitrogens with one attached hydrogen (secondary N) is 1. The molecular formula is C24H28N4O3. The van der Waals surface area contributed by atoms with Crippen LogP contribution < -0.4 is 5.56 Å². The average molecular weight is 421 g/mol. The number of aryl methyl sites for hydroxylation is 1. The van der Waals surface area contributed by atoms with Crippen molar-refractivity contribution in [2.45, 2.75) is 58.0 Å². The Hall–Kier alpha value is -2.96. The number of aromatic nitrogens is 2. The zero-order chi connectivity index (χ0) is 21.5. The van der Waals surface area contributed by atoms with Gasteiger partial charge in [-0.2, -0.15) is 0 Å². The summed E-state index contributed by atoms with van der Waals surface area (Å²) < 4.78 is 0. The third-order valence-electron chi connectivity index (χ3n) is 6.67. The highest BCUT2D eigenvalue weighted by Gasteiger charge is 2.36. The zero-order valence-corrected chi connectivity index (χ0v) is 17.9. The molecule has 1 N–H and O–H groups in total. The van der Waals surface area contributed by atoms with Crippen molar-refractivity contribution in [1.29, 1.82) is 0 Å². The fraction of sp³-hybridized carbons (Fsp3) is 0.500. The normalized spacial score (nSPS) is 21.0. The van der Waals surface area contributed by atoms with Crippen LogP contribution in [-0.2, 0) is 17.8 Å². The van der Waals surface area contributed by atoms with Crippen molar-refractivity contribution in [1.82, 2.24) is 19.8 Å². The molecule has 3 aliphatic rings. The number of nitrogens with zero attached hydrogens (tertiary/aromatic N) is 3. The van der Waals surface area contributed by atoms with Gasteiger partial charge in [0.1, 0.15) is 5.82 Å². The summed E-state index contributed by atoms with van der Waals surface area (Å²) in [6.45, 7) is 3.57. The molecule has 31 heavy (non-hydrogen) atoms. The summed E-state index contributed by atoms with van der Waals surface area (Å²) in [4.78, 5) is 50.0. The van der Waals surface area contributed by atoms with E-state index in [-0.39, 0.29) is 29.3 Å².